The van der Waals surface area contributed by atoms with Gasteiger partial charge in [-0.1, -0.05) is 6.07 Å². The first kappa shape index (κ1) is 15.2. The number of nitrogens with zero attached hydrogens (tertiary/aromatic N) is 2. The molecule has 0 spiro atoms. The van der Waals surface area contributed by atoms with E-state index in [0.29, 0.717) is 5.70 Å². The molecule has 2 aliphatic rings. The van der Waals surface area contributed by atoms with E-state index < -0.39 is 11.9 Å². The molecule has 0 saturated heterocycles. The van der Waals surface area contributed by atoms with Crippen molar-refractivity contribution in [1.82, 2.24) is 9.29 Å². The molecule has 2 aliphatic heterocycles. The van der Waals surface area contributed by atoms with Crippen molar-refractivity contribution in [2.24, 2.45) is 0 Å². The maximum atomic E-state index is 14.3. The van der Waals surface area contributed by atoms with Crippen LogP contribution in [0.25, 0.3) is 16.6 Å². The Kier molecular flexibility index (Phi) is 3.38. The molecule has 0 aromatic carbocycles. The van der Waals surface area contributed by atoms with E-state index in [4.69, 9.17) is 5.11 Å². The Bertz CT molecular complexity index is 871. The van der Waals surface area contributed by atoms with Crippen LogP contribution in [0.4, 0.5) is 8.78 Å². The van der Waals surface area contributed by atoms with Crippen molar-refractivity contribution in [2.75, 3.05) is 0 Å². The molecule has 4 nitrogen and oxygen atoms in total. The minimum absolute atomic E-state index is 0.0776. The zero-order valence-electron chi connectivity index (χ0n) is 12.6. The van der Waals surface area contributed by atoms with Gasteiger partial charge in [0.15, 0.2) is 0 Å². The maximum absolute atomic E-state index is 14.3. The second-order valence-corrected chi connectivity index (χ2v) is 6.75. The van der Waals surface area contributed by atoms with Crippen molar-refractivity contribution in [3.05, 3.63) is 52.8 Å². The molecule has 0 aliphatic carbocycles. The summed E-state index contributed by atoms with van der Waals surface area (Å²) in [7, 11) is 0.266. The Labute approximate surface area is 141 Å². The summed E-state index contributed by atoms with van der Waals surface area (Å²) in [6.45, 7) is 0. The number of allylic oxidation sites excluding steroid dienone is 2. The average molecular weight is 346 g/mol. The fourth-order valence-electron chi connectivity index (χ4n) is 3.17. The average Bonchev–Trinajstić information content (AvgIpc) is 3.22. The van der Waals surface area contributed by atoms with Crippen molar-refractivity contribution < 1.29 is 18.7 Å². The molecule has 0 fully saturated rings. The van der Waals surface area contributed by atoms with Gasteiger partial charge in [-0.15, -0.1) is 11.3 Å². The lowest BCUT2D eigenvalue weighted by atomic mass is 9.98. The van der Waals surface area contributed by atoms with Crippen LogP contribution >= 0.6 is 11.3 Å². The first-order chi connectivity index (χ1) is 11.5. The standard InChI is InChI=1S/C16H13BF2N2O2S/c18-16(19)9-11(4-6-15(22)23)21-14(16)8-10-3-5-12(20(10)17-21)13-2-1-7-24-13/h1-3,5,7-9,17H,4,6H2,(H,22,23). The summed E-state index contributed by atoms with van der Waals surface area (Å²) < 4.78 is 30.6. The quantitative estimate of drug-likeness (QED) is 0.864. The third kappa shape index (κ3) is 2.38. The normalized spacial score (nSPS) is 17.7. The number of aliphatic carboxylic acids is 1. The number of thiophene rings is 1. The van der Waals surface area contributed by atoms with Gasteiger partial charge in [-0.2, -0.15) is 8.78 Å². The molecule has 4 heterocycles. The molecule has 122 valence electrons. The summed E-state index contributed by atoms with van der Waals surface area (Å²) in [6.07, 6.45) is 2.30. The van der Waals surface area contributed by atoms with Crippen LogP contribution in [0.3, 0.4) is 0 Å². The van der Waals surface area contributed by atoms with Crippen molar-refractivity contribution in [1.29, 1.82) is 0 Å². The van der Waals surface area contributed by atoms with Gasteiger partial charge in [-0.3, -0.25) is 4.79 Å². The summed E-state index contributed by atoms with van der Waals surface area (Å²) in [5, 5.41) is 10.8. The largest absolute Gasteiger partial charge is 0.481 e. The summed E-state index contributed by atoms with van der Waals surface area (Å²) >= 11 is 1.59. The van der Waals surface area contributed by atoms with E-state index in [-0.39, 0.29) is 26.1 Å². The SMILES string of the molecule is O=C(O)CCC1=CC(F)(F)C2=Cc3ccc(-c4cccs4)n3BN12. The molecule has 0 atom stereocenters. The first-order valence-corrected chi connectivity index (χ1v) is 8.38. The third-order valence-corrected chi connectivity index (χ3v) is 5.17. The number of aromatic nitrogens is 1. The molecule has 0 saturated carbocycles. The van der Waals surface area contributed by atoms with Crippen LogP contribution in [-0.4, -0.2) is 33.8 Å². The lowest BCUT2D eigenvalue weighted by Gasteiger charge is -2.30. The Hall–Kier alpha value is -2.35. The topological polar surface area (TPSA) is 45.5 Å². The number of halogens is 2. The molecule has 24 heavy (non-hydrogen) atoms. The number of carboxylic acids is 1. The maximum Gasteiger partial charge on any atom is 0.365 e. The minimum Gasteiger partial charge on any atom is -0.481 e. The number of fused-ring (bicyclic) bond motifs is 2. The van der Waals surface area contributed by atoms with E-state index in [1.165, 1.54) is 10.9 Å². The molecule has 4 rings (SSSR count). The van der Waals surface area contributed by atoms with Gasteiger partial charge in [0.1, 0.15) is 0 Å². The van der Waals surface area contributed by atoms with Gasteiger partial charge >= 0.3 is 19.4 Å². The highest BCUT2D eigenvalue weighted by Gasteiger charge is 2.45. The molecular formula is C16H13BF2N2O2S. The van der Waals surface area contributed by atoms with Gasteiger partial charge < -0.3 is 14.4 Å². The van der Waals surface area contributed by atoms with Crippen LogP contribution in [0.1, 0.15) is 18.5 Å². The van der Waals surface area contributed by atoms with E-state index in [2.05, 4.69) is 0 Å². The van der Waals surface area contributed by atoms with Crippen LogP contribution < -0.4 is 0 Å². The highest BCUT2D eigenvalue weighted by atomic mass is 32.1. The second-order valence-electron chi connectivity index (χ2n) is 5.80. The molecule has 0 radical (unpaired) electrons. The molecule has 0 unspecified atom stereocenters. The molecule has 2 aromatic rings. The molecule has 2 aromatic heterocycles. The number of hydrogen-bond acceptors (Lipinski definition) is 3. The lowest BCUT2D eigenvalue weighted by molar-refractivity contribution is -0.137. The lowest BCUT2D eigenvalue weighted by Crippen LogP contribution is -2.36. The van der Waals surface area contributed by atoms with E-state index in [9.17, 15) is 13.6 Å². The highest BCUT2D eigenvalue weighted by Crippen LogP contribution is 2.43. The number of alkyl halides is 2. The van der Waals surface area contributed by atoms with E-state index in [0.717, 1.165) is 22.3 Å². The van der Waals surface area contributed by atoms with Gasteiger partial charge in [0.25, 0.3) is 0 Å². The van der Waals surface area contributed by atoms with E-state index in [1.54, 1.807) is 11.3 Å². The highest BCUT2D eigenvalue weighted by molar-refractivity contribution is 7.13. The summed E-state index contributed by atoms with van der Waals surface area (Å²) in [5.74, 6) is -4.05. The zero-order chi connectivity index (χ0) is 16.9. The Balaban J connectivity index is 1.72. The number of carbonyl (C=O) groups is 1. The number of carboxylic acid groups (broad SMARTS) is 1. The number of hydrogen-bond donors (Lipinski definition) is 1. The van der Waals surface area contributed by atoms with E-state index in [1.807, 2.05) is 34.1 Å². The smallest absolute Gasteiger partial charge is 0.365 e. The van der Waals surface area contributed by atoms with Crippen molar-refractivity contribution >= 4 is 30.9 Å². The zero-order valence-corrected chi connectivity index (χ0v) is 13.4. The molecule has 0 bridgehead atoms. The molecule has 0 amide bonds. The van der Waals surface area contributed by atoms with Crippen LogP contribution in [0.2, 0.25) is 0 Å². The van der Waals surface area contributed by atoms with Crippen LogP contribution in [0, 0.1) is 0 Å². The van der Waals surface area contributed by atoms with Crippen molar-refractivity contribution in [3.63, 3.8) is 0 Å². The van der Waals surface area contributed by atoms with Gasteiger partial charge in [0, 0.05) is 28.0 Å². The van der Waals surface area contributed by atoms with Crippen molar-refractivity contribution in [3.8, 4) is 10.6 Å². The van der Waals surface area contributed by atoms with Crippen molar-refractivity contribution in [2.45, 2.75) is 18.8 Å². The summed E-state index contributed by atoms with van der Waals surface area (Å²) in [4.78, 5) is 13.4. The van der Waals surface area contributed by atoms with Gasteiger partial charge in [0.05, 0.1) is 12.1 Å². The van der Waals surface area contributed by atoms with Gasteiger partial charge in [-0.25, -0.2) is 0 Å². The second kappa shape index (κ2) is 5.34. The number of rotatable bonds is 4. The molecule has 1 N–H and O–H groups in total. The fraction of sp³-hybridized carbons (Fsp3) is 0.188. The fourth-order valence-corrected chi connectivity index (χ4v) is 3.93. The van der Waals surface area contributed by atoms with Crippen LogP contribution in [-0.2, 0) is 4.79 Å². The Morgan fingerprint density at radius 2 is 2.17 bits per heavy atom. The minimum atomic E-state index is -3.06. The van der Waals surface area contributed by atoms with Gasteiger partial charge in [0.2, 0.25) is 0 Å². The van der Waals surface area contributed by atoms with Gasteiger partial charge in [-0.05, 0) is 36.1 Å². The molecular weight excluding hydrogens is 333 g/mol. The monoisotopic (exact) mass is 346 g/mol. The van der Waals surface area contributed by atoms with Crippen LogP contribution in [0.15, 0.2) is 47.1 Å². The summed E-state index contributed by atoms with van der Waals surface area (Å²) in [5.41, 5.74) is 2.00. The predicted octanol–water partition coefficient (Wildman–Crippen LogP) is 3.39. The Morgan fingerprint density at radius 3 is 2.88 bits per heavy atom. The first-order valence-electron chi connectivity index (χ1n) is 7.50. The molecule has 8 heteroatoms. The van der Waals surface area contributed by atoms with Crippen LogP contribution in [0.5, 0.6) is 0 Å². The van der Waals surface area contributed by atoms with E-state index >= 15 is 0 Å². The Morgan fingerprint density at radius 1 is 1.33 bits per heavy atom. The summed E-state index contributed by atoms with van der Waals surface area (Å²) in [6, 6.07) is 7.71. The predicted molar refractivity (Wildman–Crippen MR) is 90.0 cm³/mol. The third-order valence-electron chi connectivity index (χ3n) is 4.28.